The Morgan fingerprint density at radius 2 is 1.74 bits per heavy atom. The van der Waals surface area contributed by atoms with Crippen molar-refractivity contribution in [2.24, 2.45) is 0 Å². The molecule has 184 valence electrons. The number of carbonyl (C=O) groups excluding carboxylic acids is 2. The van der Waals surface area contributed by atoms with E-state index in [4.69, 9.17) is 4.52 Å². The van der Waals surface area contributed by atoms with E-state index >= 15 is 0 Å². The SMILES string of the molecule is CCN(Cc1ccccc1)C(=O)CCc1nc(CN2CCN(C(=O)c3ccccc3F)CC2)no1. The summed E-state index contributed by atoms with van der Waals surface area (Å²) in [6, 6.07) is 16.0. The Kier molecular flexibility index (Phi) is 8.20. The van der Waals surface area contributed by atoms with E-state index in [1.54, 1.807) is 17.0 Å². The first-order valence-corrected chi connectivity index (χ1v) is 11.9. The van der Waals surface area contributed by atoms with Crippen LogP contribution in [0.15, 0.2) is 59.1 Å². The van der Waals surface area contributed by atoms with Gasteiger partial charge in [0.15, 0.2) is 5.82 Å². The van der Waals surface area contributed by atoms with Gasteiger partial charge in [-0.25, -0.2) is 4.39 Å². The van der Waals surface area contributed by atoms with E-state index < -0.39 is 5.82 Å². The molecule has 0 aliphatic carbocycles. The highest BCUT2D eigenvalue weighted by atomic mass is 19.1. The van der Waals surface area contributed by atoms with Crippen molar-refractivity contribution in [1.29, 1.82) is 0 Å². The molecule has 0 bridgehead atoms. The molecular weight excluding hydrogens is 449 g/mol. The van der Waals surface area contributed by atoms with E-state index in [1.807, 2.05) is 42.2 Å². The number of aromatic nitrogens is 2. The molecule has 0 unspecified atom stereocenters. The fraction of sp³-hybridized carbons (Fsp3) is 0.385. The van der Waals surface area contributed by atoms with Crippen molar-refractivity contribution >= 4 is 11.8 Å². The highest BCUT2D eigenvalue weighted by Crippen LogP contribution is 2.14. The molecule has 0 radical (unpaired) electrons. The molecule has 1 aromatic heterocycles. The normalized spacial score (nSPS) is 14.2. The molecule has 1 fully saturated rings. The minimum atomic E-state index is -0.500. The number of rotatable bonds is 9. The van der Waals surface area contributed by atoms with Gasteiger partial charge in [-0.3, -0.25) is 14.5 Å². The van der Waals surface area contributed by atoms with Gasteiger partial charge < -0.3 is 14.3 Å². The van der Waals surface area contributed by atoms with Gasteiger partial charge in [-0.2, -0.15) is 4.98 Å². The molecule has 35 heavy (non-hydrogen) atoms. The third-order valence-electron chi connectivity index (χ3n) is 6.14. The molecule has 3 aromatic rings. The van der Waals surface area contributed by atoms with Crippen molar-refractivity contribution in [3.8, 4) is 0 Å². The molecule has 2 heterocycles. The lowest BCUT2D eigenvalue weighted by Gasteiger charge is -2.34. The third-order valence-corrected chi connectivity index (χ3v) is 6.14. The summed E-state index contributed by atoms with van der Waals surface area (Å²) < 4.78 is 19.3. The van der Waals surface area contributed by atoms with E-state index in [0.29, 0.717) is 70.4 Å². The maximum absolute atomic E-state index is 13.9. The monoisotopic (exact) mass is 479 g/mol. The van der Waals surface area contributed by atoms with E-state index in [1.165, 1.54) is 12.1 Å². The minimum absolute atomic E-state index is 0.0479. The second kappa shape index (κ2) is 11.7. The maximum Gasteiger partial charge on any atom is 0.256 e. The van der Waals surface area contributed by atoms with Crippen molar-refractivity contribution < 1.29 is 18.5 Å². The standard InChI is InChI=1S/C26H30FN5O3/c1-2-31(18-20-8-4-3-5-9-20)25(33)13-12-24-28-23(29-35-24)19-30-14-16-32(17-15-30)26(34)21-10-6-7-11-22(21)27/h3-11H,2,12-19H2,1H3. The number of carbonyl (C=O) groups is 2. The van der Waals surface area contributed by atoms with Crippen molar-refractivity contribution in [3.63, 3.8) is 0 Å². The average Bonchev–Trinajstić information content (AvgIpc) is 3.34. The van der Waals surface area contributed by atoms with E-state index in [2.05, 4.69) is 15.0 Å². The number of halogens is 1. The lowest BCUT2D eigenvalue weighted by Crippen LogP contribution is -2.48. The highest BCUT2D eigenvalue weighted by Gasteiger charge is 2.25. The van der Waals surface area contributed by atoms with Gasteiger partial charge >= 0.3 is 0 Å². The molecule has 9 heteroatoms. The first kappa shape index (κ1) is 24.5. The van der Waals surface area contributed by atoms with Gasteiger partial charge in [-0.15, -0.1) is 0 Å². The summed E-state index contributed by atoms with van der Waals surface area (Å²) in [6.07, 6.45) is 0.696. The van der Waals surface area contributed by atoms with Gasteiger partial charge in [0, 0.05) is 52.1 Å². The van der Waals surface area contributed by atoms with Crippen molar-refractivity contribution in [1.82, 2.24) is 24.8 Å². The smallest absolute Gasteiger partial charge is 0.256 e. The highest BCUT2D eigenvalue weighted by molar-refractivity contribution is 5.94. The third kappa shape index (κ3) is 6.51. The Hall–Kier alpha value is -3.59. The van der Waals surface area contributed by atoms with Crippen molar-refractivity contribution in [2.75, 3.05) is 32.7 Å². The fourth-order valence-corrected chi connectivity index (χ4v) is 4.12. The number of hydrogen-bond donors (Lipinski definition) is 0. The van der Waals surface area contributed by atoms with Crippen LogP contribution in [-0.4, -0.2) is 69.4 Å². The summed E-state index contributed by atoms with van der Waals surface area (Å²) >= 11 is 0. The molecule has 0 spiro atoms. The second-order valence-electron chi connectivity index (χ2n) is 8.55. The quantitative estimate of drug-likeness (QED) is 0.469. The molecule has 2 aromatic carbocycles. The molecule has 0 saturated carbocycles. The van der Waals surface area contributed by atoms with Gasteiger partial charge in [-0.1, -0.05) is 47.6 Å². The van der Waals surface area contributed by atoms with Crippen LogP contribution in [0.5, 0.6) is 0 Å². The Labute approximate surface area is 204 Å². The Morgan fingerprint density at radius 1 is 1.03 bits per heavy atom. The molecule has 1 saturated heterocycles. The van der Waals surface area contributed by atoms with Crippen LogP contribution in [0.1, 0.15) is 41.0 Å². The molecule has 1 aliphatic rings. The summed E-state index contributed by atoms with van der Waals surface area (Å²) in [4.78, 5) is 35.3. The van der Waals surface area contributed by atoms with Crippen LogP contribution in [-0.2, 0) is 24.3 Å². The predicted octanol–water partition coefficient (Wildman–Crippen LogP) is 3.15. The number of piperazine rings is 1. The zero-order valence-corrected chi connectivity index (χ0v) is 19.9. The molecule has 1 aliphatic heterocycles. The molecule has 8 nitrogen and oxygen atoms in total. The molecule has 4 rings (SSSR count). The molecule has 2 amide bonds. The summed E-state index contributed by atoms with van der Waals surface area (Å²) in [7, 11) is 0. The number of hydrogen-bond acceptors (Lipinski definition) is 6. The van der Waals surface area contributed by atoms with E-state index in [9.17, 15) is 14.0 Å². The largest absolute Gasteiger partial charge is 0.339 e. The van der Waals surface area contributed by atoms with Gasteiger partial charge in [0.2, 0.25) is 11.8 Å². The van der Waals surface area contributed by atoms with Crippen LogP contribution < -0.4 is 0 Å². The summed E-state index contributed by atoms with van der Waals surface area (Å²) in [5, 5.41) is 4.05. The lowest BCUT2D eigenvalue weighted by molar-refractivity contribution is -0.131. The lowest BCUT2D eigenvalue weighted by atomic mass is 10.1. The van der Waals surface area contributed by atoms with Crippen LogP contribution >= 0.6 is 0 Å². The van der Waals surface area contributed by atoms with Gasteiger partial charge in [0.25, 0.3) is 5.91 Å². The zero-order chi connectivity index (χ0) is 24.6. The fourth-order valence-electron chi connectivity index (χ4n) is 4.12. The Morgan fingerprint density at radius 3 is 2.46 bits per heavy atom. The summed E-state index contributed by atoms with van der Waals surface area (Å²) in [5.74, 6) is 0.254. The maximum atomic E-state index is 13.9. The van der Waals surface area contributed by atoms with Crippen LogP contribution in [0, 0.1) is 5.82 Å². The first-order valence-electron chi connectivity index (χ1n) is 11.9. The van der Waals surface area contributed by atoms with Crippen molar-refractivity contribution in [3.05, 3.63) is 83.3 Å². The van der Waals surface area contributed by atoms with Crippen LogP contribution in [0.25, 0.3) is 0 Å². The number of nitrogens with zero attached hydrogens (tertiary/aromatic N) is 5. The van der Waals surface area contributed by atoms with E-state index in [-0.39, 0.29) is 17.4 Å². The molecular formula is C26H30FN5O3. The van der Waals surface area contributed by atoms with Gasteiger partial charge in [0.1, 0.15) is 5.82 Å². The van der Waals surface area contributed by atoms with Crippen molar-refractivity contribution in [2.45, 2.75) is 32.9 Å². The first-order chi connectivity index (χ1) is 17.0. The minimum Gasteiger partial charge on any atom is -0.339 e. The summed E-state index contributed by atoms with van der Waals surface area (Å²) in [5.41, 5.74) is 1.20. The number of aryl methyl sites for hydroxylation is 1. The van der Waals surface area contributed by atoms with Crippen LogP contribution in [0.2, 0.25) is 0 Å². The Balaban J connectivity index is 1.22. The number of benzene rings is 2. The number of amides is 2. The van der Waals surface area contributed by atoms with Gasteiger partial charge in [0.05, 0.1) is 12.1 Å². The van der Waals surface area contributed by atoms with E-state index in [0.717, 1.165) is 5.56 Å². The van der Waals surface area contributed by atoms with Crippen LogP contribution in [0.4, 0.5) is 4.39 Å². The predicted molar refractivity (Wildman–Crippen MR) is 128 cm³/mol. The Bertz CT molecular complexity index is 1130. The summed E-state index contributed by atoms with van der Waals surface area (Å²) in [6.45, 7) is 5.94. The average molecular weight is 480 g/mol. The molecule has 0 atom stereocenters. The topological polar surface area (TPSA) is 82.8 Å². The second-order valence-corrected chi connectivity index (χ2v) is 8.55. The van der Waals surface area contributed by atoms with Gasteiger partial charge in [-0.05, 0) is 24.6 Å². The molecule has 0 N–H and O–H groups in total. The van der Waals surface area contributed by atoms with Crippen LogP contribution in [0.3, 0.4) is 0 Å². The zero-order valence-electron chi connectivity index (χ0n) is 19.9.